The van der Waals surface area contributed by atoms with Crippen molar-refractivity contribution in [2.24, 2.45) is 0 Å². The van der Waals surface area contributed by atoms with E-state index < -0.39 is 17.7 Å². The van der Waals surface area contributed by atoms with Gasteiger partial charge in [0.15, 0.2) is 0 Å². The summed E-state index contributed by atoms with van der Waals surface area (Å²) >= 11 is 0. The van der Waals surface area contributed by atoms with E-state index in [4.69, 9.17) is 9.47 Å². The average molecular weight is 529 g/mol. The van der Waals surface area contributed by atoms with Crippen molar-refractivity contribution in [1.82, 2.24) is 9.80 Å². The Balaban J connectivity index is 1.67. The predicted molar refractivity (Wildman–Crippen MR) is 152 cm³/mol. The molecule has 4 rings (SSSR count). The van der Waals surface area contributed by atoms with E-state index in [1.807, 2.05) is 87.4 Å². The van der Waals surface area contributed by atoms with Crippen molar-refractivity contribution in [2.75, 3.05) is 33.8 Å². The summed E-state index contributed by atoms with van der Waals surface area (Å²) in [5.74, 6) is -0.0952. The number of likely N-dealkylation sites (tertiary alicyclic amines) is 1. The molecule has 0 bridgehead atoms. The molecule has 0 spiro atoms. The maximum absolute atomic E-state index is 13.3. The first-order valence-electron chi connectivity index (χ1n) is 13.2. The minimum atomic E-state index is -0.697. The maximum Gasteiger partial charge on any atom is 0.295 e. The predicted octanol–water partition coefficient (Wildman–Crippen LogP) is 5.35. The fourth-order valence-electron chi connectivity index (χ4n) is 4.78. The van der Waals surface area contributed by atoms with Gasteiger partial charge in [-0.25, -0.2) is 0 Å². The number of nitrogens with zero attached hydrogens (tertiary/aromatic N) is 2. The van der Waals surface area contributed by atoms with E-state index in [1.165, 1.54) is 0 Å². The quantitative estimate of drug-likeness (QED) is 0.205. The first-order chi connectivity index (χ1) is 18.8. The summed E-state index contributed by atoms with van der Waals surface area (Å²) in [5.41, 5.74) is 3.15. The minimum absolute atomic E-state index is 0.0892. The molecule has 3 aromatic carbocycles. The number of Topliss-reactive ketones (excluding diaryl/α,β-unsaturated/α-hetero) is 1. The van der Waals surface area contributed by atoms with Crippen molar-refractivity contribution in [3.05, 3.63) is 101 Å². The highest BCUT2D eigenvalue weighted by Crippen LogP contribution is 2.40. The van der Waals surface area contributed by atoms with Crippen LogP contribution in [0.15, 0.2) is 78.4 Å². The molecule has 0 saturated carbocycles. The number of aryl methyl sites for hydroxylation is 1. The maximum atomic E-state index is 13.3. The van der Waals surface area contributed by atoms with Crippen LogP contribution in [0, 0.1) is 6.92 Å². The molecule has 0 aliphatic carbocycles. The van der Waals surface area contributed by atoms with Crippen LogP contribution in [-0.2, 0) is 16.2 Å². The SMILES string of the molecule is CCOc1ccc([C@@H]2C(=C(O)c3ccc(OCc4ccccc4)c(C)c3)C(=O)C(=O)N2CCCN(C)C)cc1. The van der Waals surface area contributed by atoms with Crippen molar-refractivity contribution in [3.63, 3.8) is 0 Å². The standard InChI is InChI=1S/C32H36N2O5/c1-5-38-26-15-12-24(13-16-26)29-28(31(36)32(37)34(29)19-9-18-33(3)4)30(35)25-14-17-27(22(2)20-25)39-21-23-10-7-6-8-11-23/h6-8,10-17,20,29,35H,5,9,18-19,21H2,1-4H3/t29-/m1/s1. The van der Waals surface area contributed by atoms with Crippen molar-refractivity contribution in [3.8, 4) is 11.5 Å². The monoisotopic (exact) mass is 528 g/mol. The number of aliphatic hydroxyl groups is 1. The molecule has 0 radical (unpaired) electrons. The molecule has 39 heavy (non-hydrogen) atoms. The van der Waals surface area contributed by atoms with E-state index in [1.54, 1.807) is 23.1 Å². The third-order valence-corrected chi connectivity index (χ3v) is 6.74. The Morgan fingerprint density at radius 2 is 1.69 bits per heavy atom. The second-order valence-corrected chi connectivity index (χ2v) is 9.91. The van der Waals surface area contributed by atoms with E-state index in [9.17, 15) is 14.7 Å². The summed E-state index contributed by atoms with van der Waals surface area (Å²) in [6.07, 6.45) is 0.695. The molecule has 3 aromatic rings. The molecular weight excluding hydrogens is 492 g/mol. The number of hydrogen-bond acceptors (Lipinski definition) is 6. The minimum Gasteiger partial charge on any atom is -0.507 e. The van der Waals surface area contributed by atoms with E-state index in [0.29, 0.717) is 43.2 Å². The fourth-order valence-corrected chi connectivity index (χ4v) is 4.78. The Bertz CT molecular complexity index is 1330. The van der Waals surface area contributed by atoms with Gasteiger partial charge in [-0.15, -0.1) is 0 Å². The lowest BCUT2D eigenvalue weighted by Crippen LogP contribution is -2.32. The van der Waals surface area contributed by atoms with Gasteiger partial charge in [-0.2, -0.15) is 0 Å². The van der Waals surface area contributed by atoms with Gasteiger partial charge in [-0.05, 0) is 87.9 Å². The largest absolute Gasteiger partial charge is 0.507 e. The fraction of sp³-hybridized carbons (Fsp3) is 0.312. The number of amides is 1. The van der Waals surface area contributed by atoms with Crippen LogP contribution in [-0.4, -0.2) is 60.4 Å². The van der Waals surface area contributed by atoms with Gasteiger partial charge in [0.1, 0.15) is 23.9 Å². The number of hydrogen-bond donors (Lipinski definition) is 1. The Morgan fingerprint density at radius 3 is 2.33 bits per heavy atom. The number of ketones is 1. The van der Waals surface area contributed by atoms with Crippen LogP contribution >= 0.6 is 0 Å². The van der Waals surface area contributed by atoms with Gasteiger partial charge in [-0.3, -0.25) is 9.59 Å². The Morgan fingerprint density at radius 1 is 0.974 bits per heavy atom. The Labute approximate surface area is 230 Å². The molecule has 1 atom stereocenters. The van der Waals surface area contributed by atoms with Crippen LogP contribution in [0.1, 0.15) is 41.6 Å². The topological polar surface area (TPSA) is 79.3 Å². The van der Waals surface area contributed by atoms with E-state index in [-0.39, 0.29) is 11.3 Å². The van der Waals surface area contributed by atoms with Gasteiger partial charge in [0.05, 0.1) is 18.2 Å². The summed E-state index contributed by atoms with van der Waals surface area (Å²) in [6.45, 7) is 5.91. The smallest absolute Gasteiger partial charge is 0.295 e. The summed E-state index contributed by atoms with van der Waals surface area (Å²) < 4.78 is 11.6. The van der Waals surface area contributed by atoms with Crippen LogP contribution in [0.2, 0.25) is 0 Å². The third-order valence-electron chi connectivity index (χ3n) is 6.74. The number of benzene rings is 3. The van der Waals surface area contributed by atoms with Crippen LogP contribution in [0.25, 0.3) is 5.76 Å². The molecule has 0 aromatic heterocycles. The van der Waals surface area contributed by atoms with E-state index in [2.05, 4.69) is 0 Å². The molecule has 1 aliphatic rings. The van der Waals surface area contributed by atoms with Crippen LogP contribution in [0.3, 0.4) is 0 Å². The second-order valence-electron chi connectivity index (χ2n) is 9.91. The van der Waals surface area contributed by atoms with Gasteiger partial charge >= 0.3 is 0 Å². The molecule has 0 unspecified atom stereocenters. The normalized spacial score (nSPS) is 16.6. The second kappa shape index (κ2) is 12.6. The van der Waals surface area contributed by atoms with Crippen LogP contribution in [0.5, 0.6) is 11.5 Å². The number of carbonyl (C=O) groups is 2. The molecule has 7 heteroatoms. The number of rotatable bonds is 11. The van der Waals surface area contributed by atoms with Gasteiger partial charge in [0, 0.05) is 12.1 Å². The average Bonchev–Trinajstić information content (AvgIpc) is 3.18. The van der Waals surface area contributed by atoms with Crippen LogP contribution in [0.4, 0.5) is 0 Å². The van der Waals surface area contributed by atoms with Crippen molar-refractivity contribution >= 4 is 17.4 Å². The lowest BCUT2D eigenvalue weighted by atomic mass is 9.94. The molecular formula is C32H36N2O5. The number of carbonyl (C=O) groups excluding carboxylic acids is 2. The molecule has 1 N–H and O–H groups in total. The molecule has 204 valence electrons. The molecule has 1 heterocycles. The van der Waals surface area contributed by atoms with Crippen molar-refractivity contribution in [2.45, 2.75) is 32.9 Å². The zero-order valence-electron chi connectivity index (χ0n) is 23.0. The zero-order chi connectivity index (χ0) is 27.9. The third kappa shape index (κ3) is 6.49. The van der Waals surface area contributed by atoms with Gasteiger partial charge in [0.2, 0.25) is 0 Å². The van der Waals surface area contributed by atoms with E-state index in [0.717, 1.165) is 23.2 Å². The molecule has 1 amide bonds. The van der Waals surface area contributed by atoms with Gasteiger partial charge < -0.3 is 24.4 Å². The highest BCUT2D eigenvalue weighted by molar-refractivity contribution is 6.46. The summed E-state index contributed by atoms with van der Waals surface area (Å²) in [6, 6.07) is 21.8. The van der Waals surface area contributed by atoms with Crippen molar-refractivity contribution in [1.29, 1.82) is 0 Å². The lowest BCUT2D eigenvalue weighted by molar-refractivity contribution is -0.139. The Kier molecular flexibility index (Phi) is 9.04. The van der Waals surface area contributed by atoms with Crippen molar-refractivity contribution < 1.29 is 24.2 Å². The highest BCUT2D eigenvalue weighted by Gasteiger charge is 2.45. The first-order valence-corrected chi connectivity index (χ1v) is 13.2. The molecule has 1 saturated heterocycles. The van der Waals surface area contributed by atoms with Crippen LogP contribution < -0.4 is 9.47 Å². The van der Waals surface area contributed by atoms with Gasteiger partial charge in [-0.1, -0.05) is 42.5 Å². The molecule has 1 aliphatic heterocycles. The first kappa shape index (κ1) is 27.9. The van der Waals surface area contributed by atoms with E-state index >= 15 is 0 Å². The Hall–Kier alpha value is -4.10. The number of ether oxygens (including phenoxy) is 2. The van der Waals surface area contributed by atoms with Gasteiger partial charge in [0.25, 0.3) is 11.7 Å². The molecule has 1 fully saturated rings. The molecule has 7 nitrogen and oxygen atoms in total. The summed E-state index contributed by atoms with van der Waals surface area (Å²) in [7, 11) is 3.93. The highest BCUT2D eigenvalue weighted by atomic mass is 16.5. The zero-order valence-corrected chi connectivity index (χ0v) is 23.0. The summed E-state index contributed by atoms with van der Waals surface area (Å²) in [4.78, 5) is 30.1. The summed E-state index contributed by atoms with van der Waals surface area (Å²) in [5, 5.41) is 11.4. The number of aliphatic hydroxyl groups excluding tert-OH is 1. The lowest BCUT2D eigenvalue weighted by Gasteiger charge is -2.26.